The Hall–Kier alpha value is -1.23. The number of rotatable bonds is 1. The molecule has 0 amide bonds. The molecule has 6 heteroatoms. The second-order valence-electron chi connectivity index (χ2n) is 2.09. The van der Waals surface area contributed by atoms with Gasteiger partial charge in [-0.05, 0) is 0 Å². The van der Waals surface area contributed by atoms with E-state index in [9.17, 15) is 4.79 Å². The van der Waals surface area contributed by atoms with Crippen LogP contribution in [0.4, 0.5) is 5.82 Å². The summed E-state index contributed by atoms with van der Waals surface area (Å²) >= 11 is 0. The molecule has 0 fully saturated rings. The van der Waals surface area contributed by atoms with Gasteiger partial charge in [0.1, 0.15) is 5.82 Å². The molecule has 1 aromatic heterocycles. The maximum absolute atomic E-state index is 10.9. The Balaban J connectivity index is 0.00000121. The number of aromatic nitrogens is 2. The number of carbonyl (C=O) groups is 1. The van der Waals surface area contributed by atoms with Crippen molar-refractivity contribution in [3.05, 3.63) is 12.0 Å². The van der Waals surface area contributed by atoms with Crippen LogP contribution in [0.1, 0.15) is 10.6 Å². The zero-order chi connectivity index (χ0) is 8.43. The second kappa shape index (κ2) is 3.96. The molecular formula is C6H10ClN3O2. The standard InChI is InChI=1S/C6H9N3O2.ClH/c1-9-3-4(7)8-5(9)6(10)11-2;/h3H,7H2,1-2H3;1H. The van der Waals surface area contributed by atoms with E-state index in [0.717, 1.165) is 0 Å². The molecule has 1 rings (SSSR count). The van der Waals surface area contributed by atoms with Gasteiger partial charge in [0.15, 0.2) is 0 Å². The van der Waals surface area contributed by atoms with Crippen LogP contribution in [0, 0.1) is 0 Å². The maximum Gasteiger partial charge on any atom is 0.374 e. The Morgan fingerprint density at radius 2 is 2.33 bits per heavy atom. The molecule has 0 aliphatic rings. The number of hydrogen-bond acceptors (Lipinski definition) is 4. The molecule has 2 N–H and O–H groups in total. The van der Waals surface area contributed by atoms with Crippen LogP contribution in [0.2, 0.25) is 0 Å². The van der Waals surface area contributed by atoms with Crippen molar-refractivity contribution >= 4 is 24.2 Å². The van der Waals surface area contributed by atoms with Gasteiger partial charge in [0, 0.05) is 13.2 Å². The summed E-state index contributed by atoms with van der Waals surface area (Å²) in [5.41, 5.74) is 5.33. The van der Waals surface area contributed by atoms with E-state index < -0.39 is 5.97 Å². The van der Waals surface area contributed by atoms with Crippen molar-refractivity contribution in [1.82, 2.24) is 9.55 Å². The van der Waals surface area contributed by atoms with Gasteiger partial charge in [0.25, 0.3) is 0 Å². The summed E-state index contributed by atoms with van der Waals surface area (Å²) in [6, 6.07) is 0. The summed E-state index contributed by atoms with van der Waals surface area (Å²) in [7, 11) is 2.98. The van der Waals surface area contributed by atoms with Crippen LogP contribution in [0.15, 0.2) is 6.20 Å². The van der Waals surface area contributed by atoms with Crippen molar-refractivity contribution in [3.8, 4) is 0 Å². The number of ether oxygens (including phenoxy) is 1. The minimum Gasteiger partial charge on any atom is -0.463 e. The van der Waals surface area contributed by atoms with Crippen LogP contribution >= 0.6 is 12.4 Å². The maximum atomic E-state index is 10.9. The average molecular weight is 192 g/mol. The van der Waals surface area contributed by atoms with Crippen LogP contribution in [-0.2, 0) is 11.8 Å². The van der Waals surface area contributed by atoms with Gasteiger partial charge in [-0.2, -0.15) is 0 Å². The number of imidazole rings is 1. The molecule has 1 heterocycles. The first-order valence-electron chi connectivity index (χ1n) is 3.02. The van der Waals surface area contributed by atoms with Gasteiger partial charge in [-0.3, -0.25) is 0 Å². The van der Waals surface area contributed by atoms with Gasteiger partial charge in [0.05, 0.1) is 7.11 Å². The highest BCUT2D eigenvalue weighted by Crippen LogP contribution is 2.02. The normalized spacial score (nSPS) is 8.83. The fourth-order valence-electron chi connectivity index (χ4n) is 0.770. The summed E-state index contributed by atoms with van der Waals surface area (Å²) in [4.78, 5) is 14.6. The van der Waals surface area contributed by atoms with Crippen molar-refractivity contribution in [3.63, 3.8) is 0 Å². The topological polar surface area (TPSA) is 70.1 Å². The Kier molecular flexibility index (Phi) is 3.56. The number of methoxy groups -OCH3 is 1. The van der Waals surface area contributed by atoms with Gasteiger partial charge in [-0.15, -0.1) is 12.4 Å². The number of esters is 1. The predicted molar refractivity (Wildman–Crippen MR) is 46.2 cm³/mol. The monoisotopic (exact) mass is 191 g/mol. The van der Waals surface area contributed by atoms with E-state index in [1.807, 2.05) is 0 Å². The Labute approximate surface area is 75.9 Å². The largest absolute Gasteiger partial charge is 0.463 e. The first kappa shape index (κ1) is 10.8. The number of nitrogen functional groups attached to an aromatic ring is 1. The van der Waals surface area contributed by atoms with Crippen LogP contribution in [-0.4, -0.2) is 22.6 Å². The molecule has 0 saturated carbocycles. The lowest BCUT2D eigenvalue weighted by Crippen LogP contribution is -2.08. The molecule has 0 aliphatic carbocycles. The third kappa shape index (κ3) is 1.88. The smallest absolute Gasteiger partial charge is 0.374 e. The number of halogens is 1. The van der Waals surface area contributed by atoms with E-state index in [-0.39, 0.29) is 18.2 Å². The summed E-state index contributed by atoms with van der Waals surface area (Å²) in [6.07, 6.45) is 1.55. The molecule has 0 spiro atoms. The highest BCUT2D eigenvalue weighted by molar-refractivity contribution is 5.86. The summed E-state index contributed by atoms with van der Waals surface area (Å²) in [6.45, 7) is 0. The molecule has 0 aliphatic heterocycles. The first-order chi connectivity index (χ1) is 5.15. The van der Waals surface area contributed by atoms with E-state index in [1.54, 1.807) is 13.2 Å². The minimum absolute atomic E-state index is 0. The van der Waals surface area contributed by atoms with Crippen molar-refractivity contribution in [1.29, 1.82) is 0 Å². The van der Waals surface area contributed by atoms with E-state index in [0.29, 0.717) is 5.82 Å². The zero-order valence-electron chi connectivity index (χ0n) is 6.77. The molecule has 0 radical (unpaired) electrons. The summed E-state index contributed by atoms with van der Waals surface area (Å²) in [5.74, 6) is 0.0436. The number of aryl methyl sites for hydroxylation is 1. The van der Waals surface area contributed by atoms with E-state index in [2.05, 4.69) is 9.72 Å². The van der Waals surface area contributed by atoms with Crippen molar-refractivity contribution in [2.75, 3.05) is 12.8 Å². The van der Waals surface area contributed by atoms with E-state index >= 15 is 0 Å². The van der Waals surface area contributed by atoms with Crippen molar-refractivity contribution < 1.29 is 9.53 Å². The molecule has 12 heavy (non-hydrogen) atoms. The molecule has 0 atom stereocenters. The summed E-state index contributed by atoms with van der Waals surface area (Å²) < 4.78 is 5.97. The van der Waals surface area contributed by atoms with Gasteiger partial charge in [-0.25, -0.2) is 9.78 Å². The molecule has 0 aromatic carbocycles. The van der Waals surface area contributed by atoms with Crippen LogP contribution in [0.5, 0.6) is 0 Å². The highest BCUT2D eigenvalue weighted by Gasteiger charge is 2.11. The third-order valence-electron chi connectivity index (χ3n) is 1.26. The Morgan fingerprint density at radius 1 is 1.75 bits per heavy atom. The quantitative estimate of drug-likeness (QED) is 0.645. The van der Waals surface area contributed by atoms with E-state index in [4.69, 9.17) is 5.73 Å². The van der Waals surface area contributed by atoms with Gasteiger partial charge in [0.2, 0.25) is 5.82 Å². The number of carbonyl (C=O) groups excluding carboxylic acids is 1. The lowest BCUT2D eigenvalue weighted by Gasteiger charge is -1.96. The van der Waals surface area contributed by atoms with Crippen LogP contribution < -0.4 is 5.73 Å². The Morgan fingerprint density at radius 3 is 2.67 bits per heavy atom. The van der Waals surface area contributed by atoms with Crippen LogP contribution in [0.25, 0.3) is 0 Å². The number of anilines is 1. The molecular weight excluding hydrogens is 182 g/mol. The predicted octanol–water partition coefficient (Wildman–Crippen LogP) is 0.211. The number of nitrogens with zero attached hydrogens (tertiary/aromatic N) is 2. The molecule has 0 bridgehead atoms. The lowest BCUT2D eigenvalue weighted by atomic mass is 10.6. The number of nitrogens with two attached hydrogens (primary N) is 1. The van der Waals surface area contributed by atoms with E-state index in [1.165, 1.54) is 11.7 Å². The van der Waals surface area contributed by atoms with Gasteiger partial charge >= 0.3 is 5.97 Å². The molecule has 0 unspecified atom stereocenters. The van der Waals surface area contributed by atoms with Crippen molar-refractivity contribution in [2.45, 2.75) is 0 Å². The van der Waals surface area contributed by atoms with Gasteiger partial charge in [-0.1, -0.05) is 0 Å². The van der Waals surface area contributed by atoms with Gasteiger partial charge < -0.3 is 15.0 Å². The van der Waals surface area contributed by atoms with Crippen LogP contribution in [0.3, 0.4) is 0 Å². The van der Waals surface area contributed by atoms with Crippen molar-refractivity contribution in [2.24, 2.45) is 7.05 Å². The molecule has 0 saturated heterocycles. The minimum atomic E-state index is -0.482. The summed E-state index contributed by atoms with van der Waals surface area (Å²) in [5, 5.41) is 0. The average Bonchev–Trinajstić information content (AvgIpc) is 2.28. The number of hydrogen-bond donors (Lipinski definition) is 1. The third-order valence-corrected chi connectivity index (χ3v) is 1.26. The molecule has 68 valence electrons. The highest BCUT2D eigenvalue weighted by atomic mass is 35.5. The fraction of sp³-hybridized carbons (Fsp3) is 0.333. The SMILES string of the molecule is COC(=O)c1nc(N)cn1C.Cl. The molecule has 1 aromatic rings. The lowest BCUT2D eigenvalue weighted by molar-refractivity contribution is 0.0583. The molecule has 5 nitrogen and oxygen atoms in total. The first-order valence-corrected chi connectivity index (χ1v) is 3.02. The zero-order valence-corrected chi connectivity index (χ0v) is 7.59. The fourth-order valence-corrected chi connectivity index (χ4v) is 0.770. The second-order valence-corrected chi connectivity index (χ2v) is 2.09. The Bertz CT molecular complexity index is 284.